The zero-order chi connectivity index (χ0) is 14.9. The van der Waals surface area contributed by atoms with Gasteiger partial charge in [0.2, 0.25) is 0 Å². The standard InChI is InChI=1S/C16H22FNO2/c1-11(2)16(15(19)20)8-9-18(10-16)12(3)13-4-6-14(17)7-5-13/h4-7,11-12H,8-10H2,1-3H3,(H,19,20). The average Bonchev–Trinajstić information content (AvgIpc) is 2.85. The number of hydrogen-bond acceptors (Lipinski definition) is 2. The summed E-state index contributed by atoms with van der Waals surface area (Å²) in [7, 11) is 0. The van der Waals surface area contributed by atoms with Crippen LogP contribution in [0, 0.1) is 17.2 Å². The van der Waals surface area contributed by atoms with Gasteiger partial charge in [-0.05, 0) is 43.5 Å². The van der Waals surface area contributed by atoms with Crippen molar-refractivity contribution in [2.24, 2.45) is 11.3 Å². The Morgan fingerprint density at radius 2 is 1.90 bits per heavy atom. The van der Waals surface area contributed by atoms with Crippen molar-refractivity contribution in [3.63, 3.8) is 0 Å². The summed E-state index contributed by atoms with van der Waals surface area (Å²) in [5.41, 5.74) is 0.366. The first-order chi connectivity index (χ1) is 9.36. The predicted molar refractivity (Wildman–Crippen MR) is 75.9 cm³/mol. The number of halogens is 1. The van der Waals surface area contributed by atoms with E-state index in [0.29, 0.717) is 13.0 Å². The van der Waals surface area contributed by atoms with Crippen molar-refractivity contribution in [3.8, 4) is 0 Å². The van der Waals surface area contributed by atoms with Crippen LogP contribution >= 0.6 is 0 Å². The fourth-order valence-electron chi connectivity index (χ4n) is 3.04. The molecule has 0 bridgehead atoms. The zero-order valence-electron chi connectivity index (χ0n) is 12.3. The summed E-state index contributed by atoms with van der Waals surface area (Å²) in [6, 6.07) is 6.56. The summed E-state index contributed by atoms with van der Waals surface area (Å²) < 4.78 is 13.0. The van der Waals surface area contributed by atoms with Gasteiger partial charge in [-0.2, -0.15) is 0 Å². The van der Waals surface area contributed by atoms with Gasteiger partial charge in [-0.1, -0.05) is 26.0 Å². The van der Waals surface area contributed by atoms with Gasteiger partial charge in [0.1, 0.15) is 5.82 Å². The molecular weight excluding hydrogens is 257 g/mol. The van der Waals surface area contributed by atoms with Gasteiger partial charge in [-0.3, -0.25) is 9.69 Å². The highest BCUT2D eigenvalue weighted by Gasteiger charge is 2.48. The molecule has 0 radical (unpaired) electrons. The van der Waals surface area contributed by atoms with Crippen LogP contribution < -0.4 is 0 Å². The molecule has 0 saturated carbocycles. The van der Waals surface area contributed by atoms with Crippen LogP contribution in [0.25, 0.3) is 0 Å². The minimum Gasteiger partial charge on any atom is -0.481 e. The van der Waals surface area contributed by atoms with Crippen LogP contribution in [0.1, 0.15) is 38.8 Å². The van der Waals surface area contributed by atoms with Crippen LogP contribution in [-0.2, 0) is 4.79 Å². The molecule has 1 aliphatic heterocycles. The van der Waals surface area contributed by atoms with Crippen LogP contribution in [0.4, 0.5) is 4.39 Å². The largest absolute Gasteiger partial charge is 0.481 e. The van der Waals surface area contributed by atoms with E-state index in [1.54, 1.807) is 12.1 Å². The normalized spacial score (nSPS) is 25.1. The third-order valence-electron chi connectivity index (χ3n) is 4.76. The van der Waals surface area contributed by atoms with Crippen molar-refractivity contribution in [2.75, 3.05) is 13.1 Å². The van der Waals surface area contributed by atoms with Crippen LogP contribution in [0.2, 0.25) is 0 Å². The van der Waals surface area contributed by atoms with E-state index in [1.807, 2.05) is 20.8 Å². The molecule has 1 aromatic carbocycles. The third-order valence-corrected chi connectivity index (χ3v) is 4.76. The van der Waals surface area contributed by atoms with Gasteiger partial charge >= 0.3 is 5.97 Å². The Balaban J connectivity index is 2.16. The maximum atomic E-state index is 13.0. The molecule has 20 heavy (non-hydrogen) atoms. The smallest absolute Gasteiger partial charge is 0.311 e. The molecule has 0 amide bonds. The molecule has 1 heterocycles. The molecule has 0 aliphatic carbocycles. The Kier molecular flexibility index (Phi) is 4.14. The quantitative estimate of drug-likeness (QED) is 0.919. The highest BCUT2D eigenvalue weighted by molar-refractivity contribution is 5.75. The number of carboxylic acids is 1. The summed E-state index contributed by atoms with van der Waals surface area (Å²) in [6.07, 6.45) is 0.672. The molecule has 1 saturated heterocycles. The lowest BCUT2D eigenvalue weighted by Crippen LogP contribution is -2.39. The molecule has 3 nitrogen and oxygen atoms in total. The SMILES string of the molecule is CC(c1ccc(F)cc1)N1CCC(C(=O)O)(C(C)C)C1. The topological polar surface area (TPSA) is 40.5 Å². The molecule has 110 valence electrons. The first kappa shape index (κ1) is 15.0. The maximum absolute atomic E-state index is 13.0. The minimum atomic E-state index is -0.707. The second kappa shape index (κ2) is 5.52. The molecule has 1 N–H and O–H groups in total. The fraction of sp³-hybridized carbons (Fsp3) is 0.562. The molecule has 0 spiro atoms. The second-order valence-electron chi connectivity index (χ2n) is 6.06. The van der Waals surface area contributed by atoms with Gasteiger partial charge in [0.25, 0.3) is 0 Å². The van der Waals surface area contributed by atoms with Gasteiger partial charge in [0.05, 0.1) is 5.41 Å². The number of carbonyl (C=O) groups is 1. The third kappa shape index (κ3) is 2.57. The number of nitrogens with zero attached hydrogens (tertiary/aromatic N) is 1. The lowest BCUT2D eigenvalue weighted by molar-refractivity contribution is -0.151. The van der Waals surface area contributed by atoms with Gasteiger partial charge < -0.3 is 5.11 Å². The Bertz CT molecular complexity index is 486. The first-order valence-electron chi connectivity index (χ1n) is 7.10. The number of aliphatic carboxylic acids is 1. The van der Waals surface area contributed by atoms with Crippen molar-refractivity contribution in [1.82, 2.24) is 4.90 Å². The summed E-state index contributed by atoms with van der Waals surface area (Å²) in [4.78, 5) is 13.8. The van der Waals surface area contributed by atoms with Gasteiger partial charge in [0.15, 0.2) is 0 Å². The molecule has 2 unspecified atom stereocenters. The predicted octanol–water partition coefficient (Wildman–Crippen LogP) is 3.32. The highest BCUT2D eigenvalue weighted by atomic mass is 19.1. The number of benzene rings is 1. The Hall–Kier alpha value is -1.42. The lowest BCUT2D eigenvalue weighted by Gasteiger charge is -2.31. The van der Waals surface area contributed by atoms with Crippen LogP contribution in [0.5, 0.6) is 0 Å². The van der Waals surface area contributed by atoms with E-state index in [2.05, 4.69) is 4.90 Å². The molecule has 1 fully saturated rings. The lowest BCUT2D eigenvalue weighted by atomic mass is 9.76. The molecule has 1 aromatic rings. The van der Waals surface area contributed by atoms with E-state index < -0.39 is 11.4 Å². The van der Waals surface area contributed by atoms with Crippen molar-refractivity contribution in [3.05, 3.63) is 35.6 Å². The van der Waals surface area contributed by atoms with Crippen molar-refractivity contribution in [1.29, 1.82) is 0 Å². The van der Waals surface area contributed by atoms with Crippen molar-refractivity contribution in [2.45, 2.75) is 33.2 Å². The fourth-order valence-corrected chi connectivity index (χ4v) is 3.04. The van der Waals surface area contributed by atoms with E-state index in [4.69, 9.17) is 0 Å². The second-order valence-corrected chi connectivity index (χ2v) is 6.06. The molecular formula is C16H22FNO2. The van der Waals surface area contributed by atoms with E-state index in [0.717, 1.165) is 12.1 Å². The zero-order valence-corrected chi connectivity index (χ0v) is 12.3. The molecule has 2 atom stereocenters. The molecule has 0 aromatic heterocycles. The van der Waals surface area contributed by atoms with E-state index in [9.17, 15) is 14.3 Å². The van der Waals surface area contributed by atoms with E-state index in [-0.39, 0.29) is 17.8 Å². The molecule has 2 rings (SSSR count). The van der Waals surface area contributed by atoms with Crippen LogP contribution in [0.15, 0.2) is 24.3 Å². The first-order valence-corrected chi connectivity index (χ1v) is 7.10. The number of likely N-dealkylation sites (tertiary alicyclic amines) is 1. The van der Waals surface area contributed by atoms with Gasteiger partial charge in [-0.25, -0.2) is 4.39 Å². The summed E-state index contributed by atoms with van der Waals surface area (Å²) in [5.74, 6) is -0.851. The van der Waals surface area contributed by atoms with Gasteiger partial charge in [0, 0.05) is 12.6 Å². The van der Waals surface area contributed by atoms with Crippen molar-refractivity contribution < 1.29 is 14.3 Å². The Labute approximate surface area is 119 Å². The average molecular weight is 279 g/mol. The number of rotatable bonds is 4. The number of carboxylic acid groups (broad SMARTS) is 1. The van der Waals surface area contributed by atoms with E-state index in [1.165, 1.54) is 12.1 Å². The molecule has 1 aliphatic rings. The summed E-state index contributed by atoms with van der Waals surface area (Å²) in [6.45, 7) is 7.31. The Morgan fingerprint density at radius 3 is 2.35 bits per heavy atom. The van der Waals surface area contributed by atoms with E-state index >= 15 is 0 Å². The van der Waals surface area contributed by atoms with Gasteiger partial charge in [-0.15, -0.1) is 0 Å². The van der Waals surface area contributed by atoms with Crippen molar-refractivity contribution >= 4 is 5.97 Å². The highest BCUT2D eigenvalue weighted by Crippen LogP contribution is 2.41. The van der Waals surface area contributed by atoms with Crippen LogP contribution in [0.3, 0.4) is 0 Å². The maximum Gasteiger partial charge on any atom is 0.311 e. The summed E-state index contributed by atoms with van der Waals surface area (Å²) in [5, 5.41) is 9.56. The number of hydrogen-bond donors (Lipinski definition) is 1. The Morgan fingerprint density at radius 1 is 1.30 bits per heavy atom. The molecule has 4 heteroatoms. The minimum absolute atomic E-state index is 0.102. The van der Waals surface area contributed by atoms with Crippen LogP contribution in [-0.4, -0.2) is 29.1 Å². The monoisotopic (exact) mass is 279 g/mol. The summed E-state index contributed by atoms with van der Waals surface area (Å²) >= 11 is 0.